The van der Waals surface area contributed by atoms with Crippen LogP contribution in [0.4, 0.5) is 0 Å². The van der Waals surface area contributed by atoms with E-state index in [1.165, 1.54) is 0 Å². The summed E-state index contributed by atoms with van der Waals surface area (Å²) in [6, 6.07) is 7.39. The highest BCUT2D eigenvalue weighted by molar-refractivity contribution is 5.96. The summed E-state index contributed by atoms with van der Waals surface area (Å²) < 4.78 is 16.3. The lowest BCUT2D eigenvalue weighted by Gasteiger charge is -2.35. The van der Waals surface area contributed by atoms with Crippen molar-refractivity contribution in [2.75, 3.05) is 19.7 Å². The summed E-state index contributed by atoms with van der Waals surface area (Å²) in [6.07, 6.45) is -0.0444. The van der Waals surface area contributed by atoms with Crippen LogP contribution in [0.15, 0.2) is 28.7 Å². The fourth-order valence-corrected chi connectivity index (χ4v) is 3.03. The van der Waals surface area contributed by atoms with Crippen molar-refractivity contribution in [2.45, 2.75) is 33.0 Å². The van der Waals surface area contributed by atoms with Gasteiger partial charge in [0.15, 0.2) is 6.61 Å². The van der Waals surface area contributed by atoms with Crippen molar-refractivity contribution in [1.29, 1.82) is 0 Å². The lowest BCUT2D eigenvalue weighted by Crippen LogP contribution is -2.49. The highest BCUT2D eigenvalue weighted by Gasteiger charge is 2.27. The molecule has 0 saturated carbocycles. The number of carbonyl (C=O) groups is 2. The molecule has 1 aromatic heterocycles. The molecule has 0 N–H and O–H groups in total. The second-order valence-corrected chi connectivity index (χ2v) is 6.18. The number of esters is 1. The quantitative estimate of drug-likeness (QED) is 0.809. The molecule has 2 atom stereocenters. The number of nitrogens with zero attached hydrogens (tertiary/aromatic N) is 1. The van der Waals surface area contributed by atoms with E-state index in [9.17, 15) is 9.59 Å². The molecule has 1 aliphatic rings. The number of amides is 1. The Morgan fingerprint density at radius 2 is 1.88 bits per heavy atom. The Kier molecular flexibility index (Phi) is 4.57. The highest BCUT2D eigenvalue weighted by Crippen LogP contribution is 2.25. The summed E-state index contributed by atoms with van der Waals surface area (Å²) in [6.45, 7) is 6.35. The molecule has 1 aliphatic heterocycles. The smallest absolute Gasteiger partial charge is 0.375 e. The van der Waals surface area contributed by atoms with E-state index in [4.69, 9.17) is 13.9 Å². The molecule has 1 aromatic carbocycles. The van der Waals surface area contributed by atoms with Crippen molar-refractivity contribution in [2.24, 2.45) is 0 Å². The molecular weight excluding hydrogens is 310 g/mol. The Morgan fingerprint density at radius 1 is 1.21 bits per heavy atom. The fraction of sp³-hybridized carbons (Fsp3) is 0.444. The van der Waals surface area contributed by atoms with Crippen molar-refractivity contribution < 1.29 is 23.5 Å². The SMILES string of the molecule is Cc1c(C(=O)OCC(=O)N2CC(C)OC(C)C2)oc2ccccc12. The first-order valence-corrected chi connectivity index (χ1v) is 8.04. The zero-order chi connectivity index (χ0) is 17.3. The standard InChI is InChI=1S/C18H21NO5/c1-11-8-19(9-12(2)23-11)16(20)10-22-18(21)17-13(3)14-6-4-5-7-15(14)24-17/h4-7,11-12H,8-10H2,1-3H3. The predicted octanol–water partition coefficient (Wildman–Crippen LogP) is 2.53. The minimum Gasteiger partial charge on any atom is -0.450 e. The Labute approximate surface area is 140 Å². The number of aryl methyl sites for hydroxylation is 1. The predicted molar refractivity (Wildman–Crippen MR) is 87.8 cm³/mol. The zero-order valence-corrected chi connectivity index (χ0v) is 14.1. The molecule has 1 amide bonds. The first-order chi connectivity index (χ1) is 11.5. The highest BCUT2D eigenvalue weighted by atomic mass is 16.5. The van der Waals surface area contributed by atoms with Gasteiger partial charge in [0.2, 0.25) is 5.76 Å². The maximum atomic E-state index is 12.2. The van der Waals surface area contributed by atoms with Gasteiger partial charge in [0.25, 0.3) is 5.91 Å². The third-order valence-electron chi connectivity index (χ3n) is 4.13. The molecule has 0 aliphatic carbocycles. The average Bonchev–Trinajstić information content (AvgIpc) is 2.89. The fourth-order valence-electron chi connectivity index (χ4n) is 3.03. The average molecular weight is 331 g/mol. The van der Waals surface area contributed by atoms with Crippen LogP contribution in [-0.4, -0.2) is 48.7 Å². The number of rotatable bonds is 3. The van der Waals surface area contributed by atoms with E-state index < -0.39 is 5.97 Å². The molecule has 24 heavy (non-hydrogen) atoms. The molecule has 2 aromatic rings. The van der Waals surface area contributed by atoms with E-state index in [1.807, 2.05) is 32.0 Å². The summed E-state index contributed by atoms with van der Waals surface area (Å²) in [7, 11) is 0. The first-order valence-electron chi connectivity index (χ1n) is 8.04. The van der Waals surface area contributed by atoms with Gasteiger partial charge in [-0.25, -0.2) is 4.79 Å². The Hall–Kier alpha value is -2.34. The van der Waals surface area contributed by atoms with Crippen molar-refractivity contribution in [1.82, 2.24) is 4.90 Å². The molecule has 2 unspecified atom stereocenters. The third kappa shape index (κ3) is 3.28. The van der Waals surface area contributed by atoms with Gasteiger partial charge in [-0.2, -0.15) is 0 Å². The molecule has 3 rings (SSSR count). The monoisotopic (exact) mass is 331 g/mol. The number of fused-ring (bicyclic) bond motifs is 1. The van der Waals surface area contributed by atoms with Crippen molar-refractivity contribution in [3.8, 4) is 0 Å². The van der Waals surface area contributed by atoms with Crippen LogP contribution in [0.3, 0.4) is 0 Å². The Balaban J connectivity index is 1.64. The maximum absolute atomic E-state index is 12.2. The third-order valence-corrected chi connectivity index (χ3v) is 4.13. The molecule has 0 bridgehead atoms. The van der Waals surface area contributed by atoms with Crippen LogP contribution in [0.1, 0.15) is 30.0 Å². The molecule has 1 fully saturated rings. The van der Waals surface area contributed by atoms with Crippen molar-refractivity contribution in [3.05, 3.63) is 35.6 Å². The number of ether oxygens (including phenoxy) is 2. The van der Waals surface area contributed by atoms with E-state index in [2.05, 4.69) is 0 Å². The van der Waals surface area contributed by atoms with Gasteiger partial charge >= 0.3 is 5.97 Å². The van der Waals surface area contributed by atoms with Crippen molar-refractivity contribution in [3.63, 3.8) is 0 Å². The summed E-state index contributed by atoms with van der Waals surface area (Å²) in [5, 5.41) is 0.867. The number of carbonyl (C=O) groups excluding carboxylic acids is 2. The van der Waals surface area contributed by atoms with Crippen LogP contribution >= 0.6 is 0 Å². The minimum absolute atomic E-state index is 0.0222. The first kappa shape index (κ1) is 16.5. The Bertz CT molecular complexity index is 756. The van der Waals surface area contributed by atoms with Gasteiger partial charge < -0.3 is 18.8 Å². The number of benzene rings is 1. The van der Waals surface area contributed by atoms with Crippen molar-refractivity contribution >= 4 is 22.8 Å². The lowest BCUT2D eigenvalue weighted by molar-refractivity contribution is -0.146. The summed E-state index contributed by atoms with van der Waals surface area (Å²) in [5.74, 6) is -0.696. The van der Waals surface area contributed by atoms with E-state index in [0.717, 1.165) is 10.9 Å². The van der Waals surface area contributed by atoms with Crippen LogP contribution in [0.5, 0.6) is 0 Å². The van der Waals surface area contributed by atoms with Crippen LogP contribution in [0.25, 0.3) is 11.0 Å². The van der Waals surface area contributed by atoms with Gasteiger partial charge in [0.1, 0.15) is 5.58 Å². The largest absolute Gasteiger partial charge is 0.450 e. The molecule has 0 spiro atoms. The molecule has 6 heteroatoms. The number of hydrogen-bond donors (Lipinski definition) is 0. The molecule has 6 nitrogen and oxygen atoms in total. The van der Waals surface area contributed by atoms with Gasteiger partial charge in [-0.15, -0.1) is 0 Å². The molecule has 0 radical (unpaired) electrons. The second-order valence-electron chi connectivity index (χ2n) is 6.18. The summed E-state index contributed by atoms with van der Waals surface area (Å²) in [4.78, 5) is 26.1. The van der Waals surface area contributed by atoms with Gasteiger partial charge in [0, 0.05) is 24.0 Å². The molecular formula is C18H21NO5. The molecule has 1 saturated heterocycles. The van der Waals surface area contributed by atoms with Crippen LogP contribution in [0, 0.1) is 6.92 Å². The Morgan fingerprint density at radius 3 is 2.54 bits per heavy atom. The van der Waals surface area contributed by atoms with Gasteiger partial charge in [-0.05, 0) is 26.8 Å². The number of furan rings is 1. The van der Waals surface area contributed by atoms with Gasteiger partial charge in [-0.3, -0.25) is 4.79 Å². The van der Waals surface area contributed by atoms with E-state index in [0.29, 0.717) is 18.7 Å². The van der Waals surface area contributed by atoms with E-state index in [1.54, 1.807) is 17.9 Å². The van der Waals surface area contributed by atoms with Gasteiger partial charge in [0.05, 0.1) is 12.2 Å². The number of hydrogen-bond acceptors (Lipinski definition) is 5. The number of morpholine rings is 1. The van der Waals surface area contributed by atoms with Crippen LogP contribution in [0.2, 0.25) is 0 Å². The number of para-hydroxylation sites is 1. The normalized spacial score (nSPS) is 21.0. The van der Waals surface area contributed by atoms with Crippen LogP contribution in [-0.2, 0) is 14.3 Å². The zero-order valence-electron chi connectivity index (χ0n) is 14.1. The molecule has 2 heterocycles. The minimum atomic E-state index is -0.619. The van der Waals surface area contributed by atoms with Gasteiger partial charge in [-0.1, -0.05) is 18.2 Å². The summed E-state index contributed by atoms with van der Waals surface area (Å²) in [5.41, 5.74) is 1.35. The summed E-state index contributed by atoms with van der Waals surface area (Å²) >= 11 is 0. The van der Waals surface area contributed by atoms with Crippen LogP contribution < -0.4 is 0 Å². The van der Waals surface area contributed by atoms with E-state index >= 15 is 0 Å². The lowest BCUT2D eigenvalue weighted by atomic mass is 10.1. The van der Waals surface area contributed by atoms with E-state index in [-0.39, 0.29) is 30.5 Å². The second kappa shape index (κ2) is 6.65. The topological polar surface area (TPSA) is 69.0 Å². The maximum Gasteiger partial charge on any atom is 0.375 e. The molecule has 128 valence electrons.